The fourth-order valence-electron chi connectivity index (χ4n) is 4.32. The quantitative estimate of drug-likeness (QED) is 0.574. The fourth-order valence-corrected chi connectivity index (χ4v) is 4.32. The van der Waals surface area contributed by atoms with Gasteiger partial charge < -0.3 is 0 Å². The summed E-state index contributed by atoms with van der Waals surface area (Å²) in [5.74, 6) is 0.671. The van der Waals surface area contributed by atoms with Crippen LogP contribution in [0.2, 0.25) is 0 Å². The summed E-state index contributed by atoms with van der Waals surface area (Å²) in [7, 11) is 0. The molecule has 0 amide bonds. The largest absolute Gasteiger partial charge is 0.298 e. The Bertz CT molecular complexity index is 228. The molecule has 0 aliphatic heterocycles. The number of carbonyl (C=O) groups is 1. The second-order valence-electron chi connectivity index (χ2n) is 5.61. The van der Waals surface area contributed by atoms with Crippen molar-refractivity contribution < 1.29 is 4.79 Å². The SMILES string of the molecule is O=C1C2(CCCCC2)C12CCCCC2. The summed E-state index contributed by atoms with van der Waals surface area (Å²) < 4.78 is 0. The topological polar surface area (TPSA) is 17.1 Å². The lowest BCUT2D eigenvalue weighted by Gasteiger charge is -2.29. The summed E-state index contributed by atoms with van der Waals surface area (Å²) >= 11 is 0. The van der Waals surface area contributed by atoms with E-state index in [1.165, 1.54) is 64.2 Å². The van der Waals surface area contributed by atoms with E-state index in [0.717, 1.165) is 0 Å². The van der Waals surface area contributed by atoms with E-state index in [1.54, 1.807) is 0 Å². The van der Waals surface area contributed by atoms with E-state index in [-0.39, 0.29) is 10.8 Å². The van der Waals surface area contributed by atoms with Gasteiger partial charge in [0.2, 0.25) is 0 Å². The Kier molecular flexibility index (Phi) is 1.81. The zero-order chi connectivity index (χ0) is 9.65. The molecule has 14 heavy (non-hydrogen) atoms. The molecule has 0 bridgehead atoms. The van der Waals surface area contributed by atoms with Crippen molar-refractivity contribution in [2.45, 2.75) is 64.2 Å². The van der Waals surface area contributed by atoms with Crippen molar-refractivity contribution in [1.82, 2.24) is 0 Å². The summed E-state index contributed by atoms with van der Waals surface area (Å²) in [4.78, 5) is 12.2. The summed E-state index contributed by atoms with van der Waals surface area (Å²) in [6.45, 7) is 0. The second kappa shape index (κ2) is 2.84. The molecular formula is C13H20O. The highest BCUT2D eigenvalue weighted by atomic mass is 16.1. The Morgan fingerprint density at radius 2 is 1.00 bits per heavy atom. The molecule has 3 rings (SSSR count). The lowest BCUT2D eigenvalue weighted by Crippen LogP contribution is -2.20. The van der Waals surface area contributed by atoms with Gasteiger partial charge in [0.05, 0.1) is 0 Å². The molecule has 0 atom stereocenters. The number of carbonyl (C=O) groups excluding carboxylic acids is 1. The van der Waals surface area contributed by atoms with Crippen LogP contribution >= 0.6 is 0 Å². The number of ketones is 1. The van der Waals surface area contributed by atoms with Gasteiger partial charge in [0, 0.05) is 10.8 Å². The minimum Gasteiger partial charge on any atom is -0.298 e. The van der Waals surface area contributed by atoms with Gasteiger partial charge in [-0.25, -0.2) is 0 Å². The van der Waals surface area contributed by atoms with Crippen LogP contribution in [0.25, 0.3) is 0 Å². The van der Waals surface area contributed by atoms with E-state index < -0.39 is 0 Å². The Hall–Kier alpha value is -0.330. The molecule has 0 aromatic rings. The van der Waals surface area contributed by atoms with E-state index in [2.05, 4.69) is 0 Å². The first-order chi connectivity index (χ1) is 6.82. The Morgan fingerprint density at radius 1 is 0.643 bits per heavy atom. The van der Waals surface area contributed by atoms with Crippen molar-refractivity contribution in [3.05, 3.63) is 0 Å². The molecule has 3 aliphatic rings. The van der Waals surface area contributed by atoms with Crippen molar-refractivity contribution in [2.75, 3.05) is 0 Å². The highest BCUT2D eigenvalue weighted by molar-refractivity contribution is 6.08. The van der Waals surface area contributed by atoms with Crippen LogP contribution in [0.1, 0.15) is 64.2 Å². The first kappa shape index (κ1) is 8.94. The monoisotopic (exact) mass is 192 g/mol. The molecule has 78 valence electrons. The minimum absolute atomic E-state index is 0.214. The Morgan fingerprint density at radius 3 is 1.36 bits per heavy atom. The Balaban J connectivity index is 1.84. The van der Waals surface area contributed by atoms with Crippen molar-refractivity contribution >= 4 is 5.78 Å². The Labute approximate surface area is 86.3 Å². The van der Waals surface area contributed by atoms with Crippen LogP contribution in [0, 0.1) is 10.8 Å². The molecule has 0 heterocycles. The molecule has 0 radical (unpaired) electrons. The van der Waals surface area contributed by atoms with E-state index in [0.29, 0.717) is 5.78 Å². The lowest BCUT2D eigenvalue weighted by molar-refractivity contribution is -0.115. The van der Waals surface area contributed by atoms with E-state index >= 15 is 0 Å². The molecule has 3 aliphatic carbocycles. The van der Waals surface area contributed by atoms with E-state index in [1.807, 2.05) is 0 Å². The molecule has 0 saturated heterocycles. The van der Waals surface area contributed by atoms with Crippen molar-refractivity contribution in [3.63, 3.8) is 0 Å². The van der Waals surface area contributed by atoms with E-state index in [9.17, 15) is 4.79 Å². The standard InChI is InChI=1S/C13H20O/c14-11-12(7-3-1-4-8-12)13(11)9-5-2-6-10-13/h1-10H2. The van der Waals surface area contributed by atoms with Crippen LogP contribution in [-0.2, 0) is 4.79 Å². The number of fused-ring (bicyclic) bond motifs is 1. The molecule has 0 aromatic carbocycles. The molecule has 3 fully saturated rings. The first-order valence-electron chi connectivity index (χ1n) is 6.37. The molecule has 2 spiro atoms. The molecule has 0 aromatic heterocycles. The maximum Gasteiger partial charge on any atom is 0.147 e. The zero-order valence-electron chi connectivity index (χ0n) is 8.98. The maximum atomic E-state index is 12.2. The molecule has 0 N–H and O–H groups in total. The van der Waals surface area contributed by atoms with Gasteiger partial charge in [-0.2, -0.15) is 0 Å². The van der Waals surface area contributed by atoms with Gasteiger partial charge in [-0.1, -0.05) is 38.5 Å². The van der Waals surface area contributed by atoms with Crippen LogP contribution in [0.3, 0.4) is 0 Å². The smallest absolute Gasteiger partial charge is 0.147 e. The molecule has 0 unspecified atom stereocenters. The van der Waals surface area contributed by atoms with Crippen LogP contribution in [0.15, 0.2) is 0 Å². The minimum atomic E-state index is 0.214. The number of Topliss-reactive ketones (excluding diaryl/α,β-unsaturated/α-hetero) is 1. The number of hydrogen-bond acceptors (Lipinski definition) is 1. The highest BCUT2D eigenvalue weighted by Crippen LogP contribution is 2.72. The lowest BCUT2D eigenvalue weighted by atomic mass is 9.73. The normalized spacial score (nSPS) is 33.6. The summed E-state index contributed by atoms with van der Waals surface area (Å²) in [5, 5.41) is 0. The first-order valence-corrected chi connectivity index (χ1v) is 6.37. The van der Waals surface area contributed by atoms with Crippen LogP contribution < -0.4 is 0 Å². The third-order valence-electron chi connectivity index (χ3n) is 5.14. The average Bonchev–Trinajstić information content (AvgIpc) is 2.70. The third kappa shape index (κ3) is 0.888. The summed E-state index contributed by atoms with van der Waals surface area (Å²) in [5.41, 5.74) is 0.428. The fraction of sp³-hybridized carbons (Fsp3) is 0.923. The van der Waals surface area contributed by atoms with Gasteiger partial charge >= 0.3 is 0 Å². The molecule has 1 heteroatoms. The third-order valence-corrected chi connectivity index (χ3v) is 5.14. The molecule has 1 nitrogen and oxygen atoms in total. The second-order valence-corrected chi connectivity index (χ2v) is 5.61. The zero-order valence-corrected chi connectivity index (χ0v) is 8.98. The van der Waals surface area contributed by atoms with Gasteiger partial charge in [-0.15, -0.1) is 0 Å². The predicted molar refractivity (Wildman–Crippen MR) is 56.0 cm³/mol. The van der Waals surface area contributed by atoms with Gasteiger partial charge in [-0.3, -0.25) is 4.79 Å². The van der Waals surface area contributed by atoms with Crippen molar-refractivity contribution in [1.29, 1.82) is 0 Å². The van der Waals surface area contributed by atoms with Crippen molar-refractivity contribution in [2.24, 2.45) is 10.8 Å². The molecular weight excluding hydrogens is 172 g/mol. The van der Waals surface area contributed by atoms with Gasteiger partial charge in [0.15, 0.2) is 0 Å². The van der Waals surface area contributed by atoms with E-state index in [4.69, 9.17) is 0 Å². The van der Waals surface area contributed by atoms with Gasteiger partial charge in [0.25, 0.3) is 0 Å². The molecule has 3 saturated carbocycles. The van der Waals surface area contributed by atoms with Crippen LogP contribution in [0.4, 0.5) is 0 Å². The summed E-state index contributed by atoms with van der Waals surface area (Å²) in [6, 6.07) is 0. The van der Waals surface area contributed by atoms with Gasteiger partial charge in [0.1, 0.15) is 5.78 Å². The maximum absolute atomic E-state index is 12.2. The number of rotatable bonds is 0. The van der Waals surface area contributed by atoms with Crippen LogP contribution in [-0.4, -0.2) is 5.78 Å². The van der Waals surface area contributed by atoms with Crippen LogP contribution in [0.5, 0.6) is 0 Å². The van der Waals surface area contributed by atoms with Crippen molar-refractivity contribution in [3.8, 4) is 0 Å². The predicted octanol–water partition coefficient (Wildman–Crippen LogP) is 3.47. The highest BCUT2D eigenvalue weighted by Gasteiger charge is 2.74. The average molecular weight is 192 g/mol. The van der Waals surface area contributed by atoms with Gasteiger partial charge in [-0.05, 0) is 25.7 Å². The number of hydrogen-bond donors (Lipinski definition) is 0. The summed E-state index contributed by atoms with van der Waals surface area (Å²) in [6.07, 6.45) is 12.9.